The molecule has 0 aliphatic carbocycles. The van der Waals surface area contributed by atoms with E-state index in [9.17, 15) is 4.79 Å². The van der Waals surface area contributed by atoms with E-state index in [1.807, 2.05) is 23.1 Å². The molecule has 2 aliphatic heterocycles. The third-order valence-corrected chi connectivity index (χ3v) is 4.50. The molecule has 2 saturated heterocycles. The molecule has 2 fully saturated rings. The molecule has 108 valence electrons. The summed E-state index contributed by atoms with van der Waals surface area (Å²) in [4.78, 5) is 16.0. The van der Waals surface area contributed by atoms with E-state index in [-0.39, 0.29) is 6.03 Å². The highest BCUT2D eigenvalue weighted by atomic mass is 35.5. The lowest BCUT2D eigenvalue weighted by Crippen LogP contribution is -2.52. The van der Waals surface area contributed by atoms with Crippen LogP contribution in [0.3, 0.4) is 0 Å². The van der Waals surface area contributed by atoms with Gasteiger partial charge in [0.25, 0.3) is 0 Å². The molecular weight excluding hydrogens is 274 g/mol. The topological polar surface area (TPSA) is 35.6 Å². The van der Waals surface area contributed by atoms with Crippen LogP contribution < -0.4 is 5.32 Å². The van der Waals surface area contributed by atoms with Crippen molar-refractivity contribution in [2.24, 2.45) is 0 Å². The maximum absolute atomic E-state index is 11.6. The van der Waals surface area contributed by atoms with E-state index in [1.54, 1.807) is 0 Å². The van der Waals surface area contributed by atoms with Gasteiger partial charge in [0, 0.05) is 37.7 Å². The maximum atomic E-state index is 11.6. The lowest BCUT2D eigenvalue weighted by molar-refractivity contribution is 0.117. The Morgan fingerprint density at radius 1 is 1.45 bits per heavy atom. The molecule has 0 aromatic heterocycles. The minimum Gasteiger partial charge on any atom is -0.336 e. The van der Waals surface area contributed by atoms with Crippen LogP contribution in [0, 0.1) is 0 Å². The Hall–Kier alpha value is -1.26. The minimum absolute atomic E-state index is 0.0949. The number of nitrogens with zero attached hydrogens (tertiary/aromatic N) is 2. The fourth-order valence-electron chi connectivity index (χ4n) is 3.14. The van der Waals surface area contributed by atoms with Crippen molar-refractivity contribution in [2.75, 3.05) is 32.7 Å². The molecule has 2 heterocycles. The van der Waals surface area contributed by atoms with Crippen LogP contribution in [0.25, 0.3) is 0 Å². The predicted molar refractivity (Wildman–Crippen MR) is 80.2 cm³/mol. The number of hydrogen-bond acceptors (Lipinski definition) is 2. The fraction of sp³-hybridized carbons (Fsp3) is 0.533. The highest BCUT2D eigenvalue weighted by Crippen LogP contribution is 2.22. The number of halogens is 1. The molecule has 1 aromatic rings. The first-order chi connectivity index (χ1) is 9.63. The van der Waals surface area contributed by atoms with E-state index in [2.05, 4.69) is 23.2 Å². The molecule has 2 atom stereocenters. The van der Waals surface area contributed by atoms with E-state index < -0.39 is 0 Å². The molecule has 0 unspecified atom stereocenters. The Kier molecular flexibility index (Phi) is 3.85. The second-order valence-electron chi connectivity index (χ2n) is 5.75. The Bertz CT molecular complexity index is 508. The SMILES string of the molecule is C[C@H](CN1CCN2C(=O)NC[C@H]2C1)c1cccc(Cl)c1. The van der Waals surface area contributed by atoms with Gasteiger partial charge in [-0.1, -0.05) is 30.7 Å². The number of amides is 2. The van der Waals surface area contributed by atoms with Gasteiger partial charge in [0.05, 0.1) is 6.04 Å². The van der Waals surface area contributed by atoms with Crippen molar-refractivity contribution in [2.45, 2.75) is 18.9 Å². The van der Waals surface area contributed by atoms with Crippen LogP contribution in [0.1, 0.15) is 18.4 Å². The number of benzene rings is 1. The van der Waals surface area contributed by atoms with Crippen molar-refractivity contribution in [3.63, 3.8) is 0 Å². The van der Waals surface area contributed by atoms with E-state index in [1.165, 1.54) is 5.56 Å². The van der Waals surface area contributed by atoms with Gasteiger partial charge in [-0.15, -0.1) is 0 Å². The summed E-state index contributed by atoms with van der Waals surface area (Å²) in [6.07, 6.45) is 0. The lowest BCUT2D eigenvalue weighted by Gasteiger charge is -2.37. The summed E-state index contributed by atoms with van der Waals surface area (Å²) in [5, 5.41) is 3.71. The van der Waals surface area contributed by atoms with Gasteiger partial charge in [-0.3, -0.25) is 4.90 Å². The zero-order valence-electron chi connectivity index (χ0n) is 11.7. The number of hydrogen-bond donors (Lipinski definition) is 1. The van der Waals surface area contributed by atoms with Crippen LogP contribution in [-0.2, 0) is 0 Å². The number of carbonyl (C=O) groups excluding carboxylic acids is 1. The summed E-state index contributed by atoms with van der Waals surface area (Å²) in [5.74, 6) is 0.449. The van der Waals surface area contributed by atoms with Gasteiger partial charge in [-0.25, -0.2) is 4.79 Å². The lowest BCUT2D eigenvalue weighted by atomic mass is 10.00. The van der Waals surface area contributed by atoms with Gasteiger partial charge in [-0.05, 0) is 23.6 Å². The Morgan fingerprint density at radius 2 is 2.30 bits per heavy atom. The molecule has 5 heteroatoms. The van der Waals surface area contributed by atoms with Crippen LogP contribution in [0.15, 0.2) is 24.3 Å². The van der Waals surface area contributed by atoms with Gasteiger partial charge in [0.1, 0.15) is 0 Å². The van der Waals surface area contributed by atoms with Gasteiger partial charge >= 0.3 is 6.03 Å². The number of urea groups is 1. The largest absolute Gasteiger partial charge is 0.336 e. The van der Waals surface area contributed by atoms with Crippen molar-refractivity contribution in [3.8, 4) is 0 Å². The first-order valence-corrected chi connectivity index (χ1v) is 7.53. The molecule has 3 rings (SSSR count). The molecular formula is C15H20ClN3O. The first kappa shape index (κ1) is 13.7. The molecule has 20 heavy (non-hydrogen) atoms. The zero-order valence-corrected chi connectivity index (χ0v) is 12.4. The van der Waals surface area contributed by atoms with Crippen molar-refractivity contribution in [1.82, 2.24) is 15.1 Å². The fourth-order valence-corrected chi connectivity index (χ4v) is 3.34. The number of fused-ring (bicyclic) bond motifs is 1. The normalized spacial score (nSPS) is 24.4. The molecule has 4 nitrogen and oxygen atoms in total. The molecule has 2 amide bonds. The number of carbonyl (C=O) groups is 1. The number of rotatable bonds is 3. The van der Waals surface area contributed by atoms with E-state index in [4.69, 9.17) is 11.6 Å². The van der Waals surface area contributed by atoms with E-state index in [0.29, 0.717) is 12.0 Å². The van der Waals surface area contributed by atoms with Gasteiger partial charge < -0.3 is 10.2 Å². The van der Waals surface area contributed by atoms with Gasteiger partial charge in [-0.2, -0.15) is 0 Å². The highest BCUT2D eigenvalue weighted by Gasteiger charge is 2.35. The average molecular weight is 294 g/mol. The van der Waals surface area contributed by atoms with Gasteiger partial charge in [0.2, 0.25) is 0 Å². The number of nitrogens with one attached hydrogen (secondary N) is 1. The van der Waals surface area contributed by atoms with Crippen LogP contribution >= 0.6 is 11.6 Å². The maximum Gasteiger partial charge on any atom is 0.317 e. The Balaban J connectivity index is 1.60. The second kappa shape index (κ2) is 5.62. The molecule has 0 bridgehead atoms. The third kappa shape index (κ3) is 2.76. The quantitative estimate of drug-likeness (QED) is 0.927. The van der Waals surface area contributed by atoms with Gasteiger partial charge in [0.15, 0.2) is 0 Å². The number of piperazine rings is 1. The smallest absolute Gasteiger partial charge is 0.317 e. The standard InChI is InChI=1S/C15H20ClN3O/c1-11(12-3-2-4-13(16)7-12)9-18-5-6-19-14(10-18)8-17-15(19)20/h2-4,7,11,14H,5-6,8-10H2,1H3,(H,17,20)/t11-,14+/m1/s1. The summed E-state index contributed by atoms with van der Waals surface area (Å²) in [7, 11) is 0. The van der Waals surface area contributed by atoms with Crippen molar-refractivity contribution < 1.29 is 4.79 Å². The Labute approximate surface area is 124 Å². The monoisotopic (exact) mass is 293 g/mol. The second-order valence-corrected chi connectivity index (χ2v) is 6.19. The predicted octanol–water partition coefficient (Wildman–Crippen LogP) is 2.15. The van der Waals surface area contributed by atoms with Crippen molar-refractivity contribution in [3.05, 3.63) is 34.9 Å². The van der Waals surface area contributed by atoms with Crippen LogP contribution in [-0.4, -0.2) is 54.6 Å². The first-order valence-electron chi connectivity index (χ1n) is 7.16. The molecule has 1 N–H and O–H groups in total. The molecule has 0 spiro atoms. The molecule has 2 aliphatic rings. The van der Waals surface area contributed by atoms with E-state index >= 15 is 0 Å². The Morgan fingerprint density at radius 3 is 3.10 bits per heavy atom. The summed E-state index contributed by atoms with van der Waals surface area (Å²) < 4.78 is 0. The third-order valence-electron chi connectivity index (χ3n) is 4.27. The molecule has 0 saturated carbocycles. The van der Waals surface area contributed by atoms with E-state index in [0.717, 1.165) is 37.7 Å². The summed E-state index contributed by atoms with van der Waals surface area (Å²) in [6, 6.07) is 8.52. The van der Waals surface area contributed by atoms with Crippen molar-refractivity contribution in [1.29, 1.82) is 0 Å². The summed E-state index contributed by atoms with van der Waals surface area (Å²) in [6.45, 7) is 6.77. The van der Waals surface area contributed by atoms with Crippen LogP contribution in [0.5, 0.6) is 0 Å². The summed E-state index contributed by atoms with van der Waals surface area (Å²) in [5.41, 5.74) is 1.28. The summed E-state index contributed by atoms with van der Waals surface area (Å²) >= 11 is 6.05. The molecule has 1 aromatic carbocycles. The zero-order chi connectivity index (χ0) is 14.1. The average Bonchev–Trinajstić information content (AvgIpc) is 2.80. The van der Waals surface area contributed by atoms with Crippen molar-refractivity contribution >= 4 is 17.6 Å². The minimum atomic E-state index is 0.0949. The van der Waals surface area contributed by atoms with Crippen LogP contribution in [0.2, 0.25) is 5.02 Å². The van der Waals surface area contributed by atoms with Crippen LogP contribution in [0.4, 0.5) is 4.79 Å². The molecule has 0 radical (unpaired) electrons. The highest BCUT2D eigenvalue weighted by molar-refractivity contribution is 6.30.